The molecule has 0 unspecified atom stereocenters. The standard InChI is InChI=1S/C17H24N2O/c1-4-5-11-20-16-8-6-7-15-12-14(9-10-18-3)13(2)19-17(15)16/h6-8,12,18H,4-5,9-11H2,1-3H3. The molecule has 0 fully saturated rings. The lowest BCUT2D eigenvalue weighted by Gasteiger charge is -2.11. The minimum absolute atomic E-state index is 0.762. The summed E-state index contributed by atoms with van der Waals surface area (Å²) in [6.07, 6.45) is 3.23. The highest BCUT2D eigenvalue weighted by Crippen LogP contribution is 2.26. The van der Waals surface area contributed by atoms with E-state index in [1.54, 1.807) is 0 Å². The number of likely N-dealkylation sites (N-methyl/N-ethyl adjacent to an activating group) is 1. The molecule has 0 saturated carbocycles. The van der Waals surface area contributed by atoms with Gasteiger partial charge in [0, 0.05) is 11.1 Å². The summed E-state index contributed by atoms with van der Waals surface area (Å²) in [5, 5.41) is 4.35. The molecule has 3 nitrogen and oxygen atoms in total. The zero-order chi connectivity index (χ0) is 14.4. The first-order valence-electron chi connectivity index (χ1n) is 7.43. The van der Waals surface area contributed by atoms with Crippen LogP contribution in [0.3, 0.4) is 0 Å². The summed E-state index contributed by atoms with van der Waals surface area (Å²) in [5.74, 6) is 0.902. The molecule has 2 rings (SSSR count). The zero-order valence-electron chi connectivity index (χ0n) is 12.7. The van der Waals surface area contributed by atoms with E-state index in [9.17, 15) is 0 Å². The van der Waals surface area contributed by atoms with Crippen molar-refractivity contribution in [2.45, 2.75) is 33.1 Å². The van der Waals surface area contributed by atoms with Gasteiger partial charge in [0.15, 0.2) is 0 Å². The molecule has 0 bridgehead atoms. The van der Waals surface area contributed by atoms with Crippen molar-refractivity contribution >= 4 is 10.9 Å². The quantitative estimate of drug-likeness (QED) is 0.784. The van der Waals surface area contributed by atoms with Crippen molar-refractivity contribution < 1.29 is 4.74 Å². The second kappa shape index (κ2) is 7.25. The molecule has 0 atom stereocenters. The maximum atomic E-state index is 5.86. The Balaban J connectivity index is 2.30. The third-order valence-electron chi connectivity index (χ3n) is 3.50. The van der Waals surface area contributed by atoms with E-state index in [0.717, 1.165) is 54.8 Å². The predicted molar refractivity (Wildman–Crippen MR) is 84.5 cm³/mol. The van der Waals surface area contributed by atoms with Crippen molar-refractivity contribution in [1.29, 1.82) is 0 Å². The van der Waals surface area contributed by atoms with Crippen LogP contribution in [0, 0.1) is 6.92 Å². The maximum absolute atomic E-state index is 5.86. The number of ether oxygens (including phenoxy) is 1. The summed E-state index contributed by atoms with van der Waals surface area (Å²) in [7, 11) is 1.98. The number of pyridine rings is 1. The van der Waals surface area contributed by atoms with Gasteiger partial charge in [0.25, 0.3) is 0 Å². The van der Waals surface area contributed by atoms with Crippen molar-refractivity contribution in [3.8, 4) is 5.75 Å². The van der Waals surface area contributed by atoms with Gasteiger partial charge in [-0.2, -0.15) is 0 Å². The smallest absolute Gasteiger partial charge is 0.145 e. The van der Waals surface area contributed by atoms with E-state index in [1.807, 2.05) is 19.2 Å². The van der Waals surface area contributed by atoms with Gasteiger partial charge in [-0.1, -0.05) is 25.5 Å². The lowest BCUT2D eigenvalue weighted by atomic mass is 10.1. The van der Waals surface area contributed by atoms with Crippen molar-refractivity contribution in [3.63, 3.8) is 0 Å². The first-order chi connectivity index (χ1) is 9.76. The number of hydrogen-bond donors (Lipinski definition) is 1. The molecular weight excluding hydrogens is 248 g/mol. The first kappa shape index (κ1) is 14.8. The van der Waals surface area contributed by atoms with E-state index in [4.69, 9.17) is 9.72 Å². The summed E-state index contributed by atoms with van der Waals surface area (Å²) >= 11 is 0. The maximum Gasteiger partial charge on any atom is 0.145 e. The van der Waals surface area contributed by atoms with E-state index in [0.29, 0.717) is 0 Å². The van der Waals surface area contributed by atoms with Crippen LogP contribution in [0.4, 0.5) is 0 Å². The van der Waals surface area contributed by atoms with Crippen molar-refractivity contribution in [2.24, 2.45) is 0 Å². The van der Waals surface area contributed by atoms with Crippen LogP contribution in [0.25, 0.3) is 10.9 Å². The Morgan fingerprint density at radius 1 is 1.30 bits per heavy atom. The number of nitrogens with zero attached hydrogens (tertiary/aromatic N) is 1. The van der Waals surface area contributed by atoms with Crippen LogP contribution in [0.1, 0.15) is 31.0 Å². The third kappa shape index (κ3) is 3.48. The predicted octanol–water partition coefficient (Wildman–Crippen LogP) is 3.48. The number of aryl methyl sites for hydroxylation is 1. The van der Waals surface area contributed by atoms with Gasteiger partial charge in [0.2, 0.25) is 0 Å². The van der Waals surface area contributed by atoms with E-state index in [2.05, 4.69) is 31.3 Å². The van der Waals surface area contributed by atoms with Gasteiger partial charge < -0.3 is 10.1 Å². The fraction of sp³-hybridized carbons (Fsp3) is 0.471. The largest absolute Gasteiger partial charge is 0.491 e. The van der Waals surface area contributed by atoms with E-state index < -0.39 is 0 Å². The van der Waals surface area contributed by atoms with Crippen LogP contribution in [-0.4, -0.2) is 25.2 Å². The third-order valence-corrected chi connectivity index (χ3v) is 3.50. The molecule has 0 saturated heterocycles. The average Bonchev–Trinajstić information content (AvgIpc) is 2.46. The van der Waals surface area contributed by atoms with Gasteiger partial charge in [-0.15, -0.1) is 0 Å². The molecule has 0 aliphatic heterocycles. The monoisotopic (exact) mass is 272 g/mol. The molecule has 20 heavy (non-hydrogen) atoms. The van der Waals surface area contributed by atoms with Crippen LogP contribution in [0.2, 0.25) is 0 Å². The number of benzene rings is 1. The fourth-order valence-corrected chi connectivity index (χ4v) is 2.26. The second-order valence-electron chi connectivity index (χ2n) is 5.12. The fourth-order valence-electron chi connectivity index (χ4n) is 2.26. The van der Waals surface area contributed by atoms with Crippen LogP contribution in [-0.2, 0) is 6.42 Å². The second-order valence-corrected chi connectivity index (χ2v) is 5.12. The molecule has 1 aromatic heterocycles. The average molecular weight is 272 g/mol. The molecule has 0 aliphatic carbocycles. The van der Waals surface area contributed by atoms with Gasteiger partial charge in [0.1, 0.15) is 11.3 Å². The van der Waals surface area contributed by atoms with Gasteiger partial charge >= 0.3 is 0 Å². The highest BCUT2D eigenvalue weighted by Gasteiger charge is 2.07. The summed E-state index contributed by atoms with van der Waals surface area (Å²) in [6.45, 7) is 5.98. The number of nitrogens with one attached hydrogen (secondary N) is 1. The Labute approximate surface area is 121 Å². The van der Waals surface area contributed by atoms with Crippen molar-refractivity contribution in [3.05, 3.63) is 35.5 Å². The lowest BCUT2D eigenvalue weighted by Crippen LogP contribution is -2.11. The van der Waals surface area contributed by atoms with Gasteiger partial charge in [-0.05, 0) is 51.1 Å². The van der Waals surface area contributed by atoms with E-state index in [1.165, 1.54) is 5.56 Å². The normalized spacial score (nSPS) is 10.9. The van der Waals surface area contributed by atoms with E-state index in [-0.39, 0.29) is 0 Å². The van der Waals surface area contributed by atoms with Crippen LogP contribution in [0.15, 0.2) is 24.3 Å². The molecule has 1 aromatic carbocycles. The Kier molecular flexibility index (Phi) is 5.36. The molecule has 108 valence electrons. The zero-order valence-corrected chi connectivity index (χ0v) is 12.7. The number of fused-ring (bicyclic) bond motifs is 1. The molecular formula is C17H24N2O. The molecule has 0 spiro atoms. The van der Waals surface area contributed by atoms with E-state index >= 15 is 0 Å². The minimum atomic E-state index is 0.762. The lowest BCUT2D eigenvalue weighted by molar-refractivity contribution is 0.312. The molecule has 1 N–H and O–H groups in total. The Morgan fingerprint density at radius 2 is 2.15 bits per heavy atom. The Morgan fingerprint density at radius 3 is 2.90 bits per heavy atom. The van der Waals surface area contributed by atoms with Gasteiger partial charge in [-0.3, -0.25) is 0 Å². The molecule has 0 aliphatic rings. The van der Waals surface area contributed by atoms with Crippen LogP contribution in [0.5, 0.6) is 5.75 Å². The molecule has 3 heteroatoms. The SMILES string of the molecule is CCCCOc1cccc2cc(CCNC)c(C)nc12. The molecule has 1 heterocycles. The van der Waals surface area contributed by atoms with Gasteiger partial charge in [-0.25, -0.2) is 4.98 Å². The summed E-state index contributed by atoms with van der Waals surface area (Å²) < 4.78 is 5.86. The first-order valence-corrected chi connectivity index (χ1v) is 7.43. The highest BCUT2D eigenvalue weighted by molar-refractivity contribution is 5.85. The van der Waals surface area contributed by atoms with Gasteiger partial charge in [0.05, 0.1) is 6.61 Å². The molecule has 0 amide bonds. The Hall–Kier alpha value is -1.61. The summed E-state index contributed by atoms with van der Waals surface area (Å²) in [6, 6.07) is 8.40. The number of aromatic nitrogens is 1. The summed E-state index contributed by atoms with van der Waals surface area (Å²) in [5.41, 5.74) is 3.38. The van der Waals surface area contributed by atoms with Crippen molar-refractivity contribution in [2.75, 3.05) is 20.2 Å². The van der Waals surface area contributed by atoms with Crippen molar-refractivity contribution in [1.82, 2.24) is 10.3 Å². The number of unbranched alkanes of at least 4 members (excludes halogenated alkanes) is 1. The topological polar surface area (TPSA) is 34.1 Å². The number of para-hydroxylation sites is 1. The number of hydrogen-bond acceptors (Lipinski definition) is 3. The number of rotatable bonds is 7. The summed E-state index contributed by atoms with van der Waals surface area (Å²) in [4.78, 5) is 4.75. The highest BCUT2D eigenvalue weighted by atomic mass is 16.5. The molecule has 2 aromatic rings. The van der Waals surface area contributed by atoms with Crippen LogP contribution >= 0.6 is 0 Å². The van der Waals surface area contributed by atoms with Crippen LogP contribution < -0.4 is 10.1 Å². The molecule has 0 radical (unpaired) electrons. The minimum Gasteiger partial charge on any atom is -0.491 e. The Bertz CT molecular complexity index is 566.